The maximum absolute atomic E-state index is 13.5. The summed E-state index contributed by atoms with van der Waals surface area (Å²) in [7, 11) is 1.67. The number of fused-ring (bicyclic) bond motifs is 1. The third kappa shape index (κ3) is 5.41. The Morgan fingerprint density at radius 1 is 1.29 bits per heavy atom. The second-order valence-electron chi connectivity index (χ2n) is 6.43. The van der Waals surface area contributed by atoms with Crippen molar-refractivity contribution in [1.29, 1.82) is 0 Å². The van der Waals surface area contributed by atoms with E-state index in [1.165, 1.54) is 6.07 Å². The number of carbonyl (C=O) groups excluding carboxylic acids is 1. The Bertz CT molecular complexity index is 860. The number of anilines is 1. The van der Waals surface area contributed by atoms with Crippen LogP contribution in [0.1, 0.15) is 29.0 Å². The average molecular weight is 498 g/mol. The number of nitrogens with zero attached hydrogens (tertiary/aromatic N) is 1. The van der Waals surface area contributed by atoms with Crippen molar-refractivity contribution in [3.05, 3.63) is 65.0 Å². The van der Waals surface area contributed by atoms with Crippen molar-refractivity contribution >= 4 is 41.5 Å². The number of hydrogen-bond donors (Lipinski definition) is 4. The van der Waals surface area contributed by atoms with E-state index in [-0.39, 0.29) is 48.0 Å². The zero-order valence-corrected chi connectivity index (χ0v) is 17.9. The Morgan fingerprint density at radius 2 is 2.07 bits per heavy atom. The SMILES string of the molecule is CN=C(NCc1ccc(F)c(CO)c1)NCC1CC(=O)Nc2ccccc21.I. The van der Waals surface area contributed by atoms with E-state index in [9.17, 15) is 9.18 Å². The van der Waals surface area contributed by atoms with Crippen LogP contribution < -0.4 is 16.0 Å². The van der Waals surface area contributed by atoms with Crippen LogP contribution in [0.15, 0.2) is 47.5 Å². The molecule has 0 bridgehead atoms. The molecule has 1 aliphatic rings. The molecule has 6 nitrogen and oxygen atoms in total. The first kappa shape index (κ1) is 22.1. The number of guanidine groups is 1. The summed E-state index contributed by atoms with van der Waals surface area (Å²) in [5.41, 5.74) is 3.06. The number of para-hydroxylation sites is 1. The van der Waals surface area contributed by atoms with Gasteiger partial charge in [0.25, 0.3) is 0 Å². The highest BCUT2D eigenvalue weighted by Crippen LogP contribution is 2.31. The molecule has 0 aromatic heterocycles. The highest BCUT2D eigenvalue weighted by molar-refractivity contribution is 14.0. The van der Waals surface area contributed by atoms with Crippen LogP contribution in [0.25, 0.3) is 0 Å². The van der Waals surface area contributed by atoms with Crippen molar-refractivity contribution in [3.63, 3.8) is 0 Å². The zero-order chi connectivity index (χ0) is 19.2. The first-order chi connectivity index (χ1) is 13.1. The Labute approximate surface area is 180 Å². The highest BCUT2D eigenvalue weighted by atomic mass is 127. The van der Waals surface area contributed by atoms with E-state index >= 15 is 0 Å². The molecule has 0 aliphatic carbocycles. The van der Waals surface area contributed by atoms with Crippen LogP contribution in [0.2, 0.25) is 0 Å². The van der Waals surface area contributed by atoms with E-state index in [0.717, 1.165) is 16.8 Å². The summed E-state index contributed by atoms with van der Waals surface area (Å²) in [5.74, 6) is 0.234. The molecule has 2 aromatic carbocycles. The lowest BCUT2D eigenvalue weighted by atomic mass is 9.90. The van der Waals surface area contributed by atoms with Crippen molar-refractivity contribution in [2.75, 3.05) is 18.9 Å². The fraction of sp³-hybridized carbons (Fsp3) is 0.300. The van der Waals surface area contributed by atoms with Gasteiger partial charge in [-0.3, -0.25) is 9.79 Å². The molecule has 4 N–H and O–H groups in total. The second-order valence-corrected chi connectivity index (χ2v) is 6.43. The van der Waals surface area contributed by atoms with Crippen LogP contribution in [0, 0.1) is 5.82 Å². The first-order valence-corrected chi connectivity index (χ1v) is 8.82. The van der Waals surface area contributed by atoms with Crippen LogP contribution in [0.5, 0.6) is 0 Å². The van der Waals surface area contributed by atoms with Crippen molar-refractivity contribution in [2.45, 2.75) is 25.5 Å². The lowest BCUT2D eigenvalue weighted by Gasteiger charge is -2.26. The normalized spacial score (nSPS) is 15.9. The van der Waals surface area contributed by atoms with Crippen LogP contribution in [0.4, 0.5) is 10.1 Å². The zero-order valence-electron chi connectivity index (χ0n) is 15.5. The number of carbonyl (C=O) groups is 1. The van der Waals surface area contributed by atoms with E-state index in [2.05, 4.69) is 20.9 Å². The summed E-state index contributed by atoms with van der Waals surface area (Å²) in [4.78, 5) is 16.1. The summed E-state index contributed by atoms with van der Waals surface area (Å²) < 4.78 is 13.5. The van der Waals surface area contributed by atoms with Gasteiger partial charge in [-0.05, 0) is 29.3 Å². The van der Waals surface area contributed by atoms with Crippen LogP contribution >= 0.6 is 24.0 Å². The maximum Gasteiger partial charge on any atom is 0.225 e. The fourth-order valence-electron chi connectivity index (χ4n) is 3.17. The van der Waals surface area contributed by atoms with Gasteiger partial charge in [0.2, 0.25) is 5.91 Å². The van der Waals surface area contributed by atoms with Crippen molar-refractivity contribution in [2.24, 2.45) is 4.99 Å². The van der Waals surface area contributed by atoms with Crippen LogP contribution in [-0.4, -0.2) is 30.6 Å². The van der Waals surface area contributed by atoms with Crippen LogP contribution in [-0.2, 0) is 17.9 Å². The highest BCUT2D eigenvalue weighted by Gasteiger charge is 2.24. The van der Waals surface area contributed by atoms with Gasteiger partial charge in [0.1, 0.15) is 5.82 Å². The molecule has 0 radical (unpaired) electrons. The number of nitrogens with one attached hydrogen (secondary N) is 3. The molecule has 0 saturated heterocycles. The standard InChI is InChI=1S/C20H23FN4O2.HI/c1-22-20(23-10-13-6-7-17(21)15(8-13)12-26)24-11-14-9-19(27)25-18-5-3-2-4-16(14)18;/h2-8,14,26H,9-12H2,1H3,(H,25,27)(H2,22,23,24);1H. The number of halogens is 2. The molecule has 1 heterocycles. The quantitative estimate of drug-likeness (QED) is 0.290. The van der Waals surface area contributed by atoms with E-state index in [0.29, 0.717) is 25.5 Å². The van der Waals surface area contributed by atoms with E-state index in [1.54, 1.807) is 19.2 Å². The smallest absolute Gasteiger partial charge is 0.225 e. The summed E-state index contributed by atoms with van der Waals surface area (Å²) in [6.07, 6.45) is 0.416. The third-order valence-corrected chi connectivity index (χ3v) is 4.59. The molecule has 2 aromatic rings. The molecule has 3 rings (SSSR count). The molecule has 1 aliphatic heterocycles. The molecule has 28 heavy (non-hydrogen) atoms. The predicted molar refractivity (Wildman–Crippen MR) is 118 cm³/mol. The van der Waals surface area contributed by atoms with Crippen molar-refractivity contribution in [3.8, 4) is 0 Å². The van der Waals surface area contributed by atoms with Gasteiger partial charge in [0.15, 0.2) is 5.96 Å². The van der Waals surface area contributed by atoms with Gasteiger partial charge < -0.3 is 21.1 Å². The van der Waals surface area contributed by atoms with Gasteiger partial charge in [0.05, 0.1) is 6.61 Å². The van der Waals surface area contributed by atoms with Crippen molar-refractivity contribution < 1.29 is 14.3 Å². The maximum atomic E-state index is 13.5. The minimum absolute atomic E-state index is 0. The number of rotatable bonds is 5. The summed E-state index contributed by atoms with van der Waals surface area (Å²) in [5, 5.41) is 18.5. The number of amides is 1. The van der Waals surface area contributed by atoms with E-state index < -0.39 is 5.82 Å². The Balaban J connectivity index is 0.00000280. The molecule has 0 saturated carbocycles. The van der Waals surface area contributed by atoms with Gasteiger partial charge in [-0.1, -0.05) is 24.3 Å². The summed E-state index contributed by atoms with van der Waals surface area (Å²) >= 11 is 0. The lowest BCUT2D eigenvalue weighted by molar-refractivity contribution is -0.116. The molecular formula is C20H24FIN4O2. The third-order valence-electron chi connectivity index (χ3n) is 4.59. The predicted octanol–water partition coefficient (Wildman–Crippen LogP) is 2.73. The van der Waals surface area contributed by atoms with Gasteiger partial charge in [-0.15, -0.1) is 24.0 Å². The van der Waals surface area contributed by atoms with Gasteiger partial charge >= 0.3 is 0 Å². The lowest BCUT2D eigenvalue weighted by Crippen LogP contribution is -2.40. The monoisotopic (exact) mass is 498 g/mol. The topological polar surface area (TPSA) is 85.8 Å². The molecule has 150 valence electrons. The number of aliphatic hydroxyl groups is 1. The Kier molecular flexibility index (Phi) is 8.18. The second kappa shape index (κ2) is 10.4. The molecule has 1 unspecified atom stereocenters. The first-order valence-electron chi connectivity index (χ1n) is 8.82. The molecular weight excluding hydrogens is 474 g/mol. The van der Waals surface area contributed by atoms with E-state index in [1.807, 2.05) is 24.3 Å². The largest absolute Gasteiger partial charge is 0.392 e. The summed E-state index contributed by atoms with van der Waals surface area (Å²) in [6, 6.07) is 12.4. The van der Waals surface area contributed by atoms with E-state index in [4.69, 9.17) is 5.11 Å². The van der Waals surface area contributed by atoms with Gasteiger partial charge in [-0.25, -0.2) is 4.39 Å². The minimum Gasteiger partial charge on any atom is -0.392 e. The molecule has 1 amide bonds. The summed E-state index contributed by atoms with van der Waals surface area (Å²) in [6.45, 7) is 0.667. The fourth-order valence-corrected chi connectivity index (χ4v) is 3.17. The van der Waals surface area contributed by atoms with Crippen LogP contribution in [0.3, 0.4) is 0 Å². The number of hydrogen-bond acceptors (Lipinski definition) is 3. The Morgan fingerprint density at radius 3 is 2.82 bits per heavy atom. The average Bonchev–Trinajstić information content (AvgIpc) is 2.68. The number of aliphatic imine (C=N–C) groups is 1. The molecule has 0 spiro atoms. The van der Waals surface area contributed by atoms with Gasteiger partial charge in [-0.2, -0.15) is 0 Å². The number of aliphatic hydroxyl groups excluding tert-OH is 1. The molecule has 0 fully saturated rings. The van der Waals surface area contributed by atoms with Crippen molar-refractivity contribution in [1.82, 2.24) is 10.6 Å². The van der Waals surface area contributed by atoms with Gasteiger partial charge in [0, 0.05) is 43.7 Å². The molecule has 1 atom stereocenters. The molecule has 8 heteroatoms. The minimum atomic E-state index is -0.419. The Hall–Kier alpha value is -2.20. The number of benzene rings is 2.